The molecule has 0 saturated heterocycles. The highest BCUT2D eigenvalue weighted by atomic mass is 32.1. The van der Waals surface area contributed by atoms with Crippen LogP contribution in [0.3, 0.4) is 0 Å². The maximum Gasteiger partial charge on any atom is 0.167 e. The van der Waals surface area contributed by atoms with E-state index in [1.807, 2.05) is 18.2 Å². The molecule has 11 aromatic rings. The van der Waals surface area contributed by atoms with Crippen LogP contribution in [-0.2, 0) is 0 Å². The lowest BCUT2D eigenvalue weighted by molar-refractivity contribution is 1.07. The van der Waals surface area contributed by atoms with Crippen molar-refractivity contribution in [1.82, 2.24) is 19.5 Å². The van der Waals surface area contributed by atoms with Gasteiger partial charge in [0, 0.05) is 42.1 Å². The highest BCUT2D eigenvalue weighted by Gasteiger charge is 2.23. The van der Waals surface area contributed by atoms with E-state index in [1.54, 1.807) is 11.3 Å². The van der Waals surface area contributed by atoms with Crippen molar-refractivity contribution >= 4 is 74.9 Å². The molecule has 0 bridgehead atoms. The van der Waals surface area contributed by atoms with Gasteiger partial charge in [-0.1, -0.05) is 133 Å². The number of hydrogen-bond donors (Lipinski definition) is 0. The van der Waals surface area contributed by atoms with Crippen molar-refractivity contribution in [2.24, 2.45) is 0 Å². The Kier molecular flexibility index (Phi) is 6.39. The molecule has 0 amide bonds. The van der Waals surface area contributed by atoms with Crippen molar-refractivity contribution in [2.75, 3.05) is 0 Å². The first kappa shape index (κ1) is 29.1. The molecule has 0 radical (unpaired) electrons. The third kappa shape index (κ3) is 4.50. The summed E-state index contributed by atoms with van der Waals surface area (Å²) in [4.78, 5) is 15.8. The molecule has 0 N–H and O–H groups in total. The van der Waals surface area contributed by atoms with Gasteiger partial charge in [-0.2, -0.15) is 0 Å². The Morgan fingerprint density at radius 2 is 1.02 bits per heavy atom. The van der Waals surface area contributed by atoms with Crippen LogP contribution >= 0.6 is 11.3 Å². The lowest BCUT2D eigenvalue weighted by Gasteiger charge is -2.16. The van der Waals surface area contributed by atoms with Gasteiger partial charge in [0.25, 0.3) is 0 Å². The summed E-state index contributed by atoms with van der Waals surface area (Å²) in [5, 5.41) is 9.61. The Labute approximate surface area is 302 Å². The van der Waals surface area contributed by atoms with E-state index in [0.717, 1.165) is 43.5 Å². The number of fused-ring (bicyclic) bond motifs is 8. The maximum absolute atomic E-state index is 5.38. The highest BCUT2D eigenvalue weighted by Crippen LogP contribution is 2.45. The molecule has 8 aromatic carbocycles. The van der Waals surface area contributed by atoms with Gasteiger partial charge in [0.1, 0.15) is 0 Å². The molecule has 3 aromatic heterocycles. The number of para-hydroxylation sites is 1. The van der Waals surface area contributed by atoms with Gasteiger partial charge in [0.2, 0.25) is 0 Å². The minimum absolute atomic E-state index is 0.644. The normalized spacial score (nSPS) is 11.8. The molecule has 4 nitrogen and oxygen atoms in total. The van der Waals surface area contributed by atoms with Crippen LogP contribution in [0.15, 0.2) is 170 Å². The maximum atomic E-state index is 5.38. The molecule has 0 aliphatic rings. The summed E-state index contributed by atoms with van der Waals surface area (Å²) in [6, 6.07) is 60.3. The van der Waals surface area contributed by atoms with Crippen LogP contribution in [0.1, 0.15) is 0 Å². The first-order chi connectivity index (χ1) is 25.8. The van der Waals surface area contributed by atoms with Crippen LogP contribution < -0.4 is 0 Å². The zero-order chi connectivity index (χ0) is 34.2. The van der Waals surface area contributed by atoms with E-state index in [1.165, 1.54) is 42.4 Å². The molecule has 52 heavy (non-hydrogen) atoms. The van der Waals surface area contributed by atoms with E-state index >= 15 is 0 Å². The van der Waals surface area contributed by atoms with Gasteiger partial charge in [-0.15, -0.1) is 11.3 Å². The molecule has 5 heteroatoms. The Morgan fingerprint density at radius 3 is 1.85 bits per heavy atom. The van der Waals surface area contributed by atoms with E-state index in [9.17, 15) is 0 Å². The van der Waals surface area contributed by atoms with E-state index in [4.69, 9.17) is 15.0 Å². The van der Waals surface area contributed by atoms with Gasteiger partial charge in [-0.05, 0) is 57.9 Å². The lowest BCUT2D eigenvalue weighted by Crippen LogP contribution is -2.04. The standard InChI is InChI=1S/C47H28N4S/c1-2-13-30(14-3-1)45-48-46(34-23-22-29-12-4-5-15-31(29)26-34)50-47(49-45)43-40(25-24-37-36-19-9-11-21-42(36)52-44(37)43)51-39-20-10-8-18-35(39)38-27-32-16-6-7-17-33(32)28-41(38)51/h1-28H. The quantitative estimate of drug-likeness (QED) is 0.186. The fraction of sp³-hybridized carbons (Fsp3) is 0. The van der Waals surface area contributed by atoms with Crippen molar-refractivity contribution in [2.45, 2.75) is 0 Å². The minimum atomic E-state index is 0.644. The van der Waals surface area contributed by atoms with Crippen LogP contribution in [0.2, 0.25) is 0 Å². The van der Waals surface area contributed by atoms with Gasteiger partial charge < -0.3 is 4.57 Å². The molecule has 0 spiro atoms. The Hall–Kier alpha value is -6.69. The SMILES string of the molecule is c1ccc(-c2nc(-c3ccc4ccccc4c3)nc(-c3c(-n4c5ccccc5c5cc6ccccc6cc54)ccc4c3sc3ccccc34)n2)cc1. The fourth-order valence-corrected chi connectivity index (χ4v) is 9.00. The zero-order valence-electron chi connectivity index (χ0n) is 27.9. The van der Waals surface area contributed by atoms with Gasteiger partial charge in [-0.3, -0.25) is 0 Å². The smallest absolute Gasteiger partial charge is 0.167 e. The molecular formula is C47H28N4S. The van der Waals surface area contributed by atoms with Crippen LogP contribution in [0.5, 0.6) is 0 Å². The molecule has 0 aliphatic carbocycles. The van der Waals surface area contributed by atoms with Crippen molar-refractivity contribution in [3.05, 3.63) is 170 Å². The van der Waals surface area contributed by atoms with Crippen molar-refractivity contribution in [3.63, 3.8) is 0 Å². The average Bonchev–Trinajstić information content (AvgIpc) is 3.75. The van der Waals surface area contributed by atoms with E-state index < -0.39 is 0 Å². The van der Waals surface area contributed by atoms with Gasteiger partial charge in [-0.25, -0.2) is 15.0 Å². The van der Waals surface area contributed by atoms with Crippen LogP contribution in [0, 0.1) is 0 Å². The third-order valence-corrected chi connectivity index (χ3v) is 11.4. The number of nitrogens with zero attached hydrogens (tertiary/aromatic N) is 4. The van der Waals surface area contributed by atoms with Crippen molar-refractivity contribution in [1.29, 1.82) is 0 Å². The monoisotopic (exact) mass is 680 g/mol. The molecule has 0 saturated carbocycles. The molecule has 3 heterocycles. The van der Waals surface area contributed by atoms with Crippen LogP contribution in [-0.4, -0.2) is 19.5 Å². The molecular weight excluding hydrogens is 653 g/mol. The van der Waals surface area contributed by atoms with Crippen molar-refractivity contribution in [3.8, 4) is 39.9 Å². The second-order valence-electron chi connectivity index (χ2n) is 13.2. The molecule has 242 valence electrons. The Bertz CT molecular complexity index is 3190. The summed E-state index contributed by atoms with van der Waals surface area (Å²) in [7, 11) is 0. The molecule has 11 rings (SSSR count). The number of hydrogen-bond acceptors (Lipinski definition) is 4. The number of benzene rings is 8. The lowest BCUT2D eigenvalue weighted by atomic mass is 10.0. The topological polar surface area (TPSA) is 43.6 Å². The summed E-state index contributed by atoms with van der Waals surface area (Å²) in [6.07, 6.45) is 0. The first-order valence-corrected chi connectivity index (χ1v) is 18.3. The molecule has 0 fully saturated rings. The summed E-state index contributed by atoms with van der Waals surface area (Å²) in [5.74, 6) is 1.94. The van der Waals surface area contributed by atoms with E-state index in [-0.39, 0.29) is 0 Å². The van der Waals surface area contributed by atoms with Crippen LogP contribution in [0.4, 0.5) is 0 Å². The number of thiophene rings is 1. The number of rotatable bonds is 4. The number of aromatic nitrogens is 4. The first-order valence-electron chi connectivity index (χ1n) is 17.4. The summed E-state index contributed by atoms with van der Waals surface area (Å²) < 4.78 is 4.80. The predicted octanol–water partition coefficient (Wildman–Crippen LogP) is 12.6. The largest absolute Gasteiger partial charge is 0.308 e. The third-order valence-electron chi connectivity index (χ3n) is 10.2. The Balaban J connectivity index is 1.28. The second-order valence-corrected chi connectivity index (χ2v) is 14.3. The predicted molar refractivity (Wildman–Crippen MR) is 218 cm³/mol. The zero-order valence-corrected chi connectivity index (χ0v) is 28.7. The molecule has 0 unspecified atom stereocenters. The second kappa shape index (κ2) is 11.4. The summed E-state index contributed by atoms with van der Waals surface area (Å²) >= 11 is 1.80. The van der Waals surface area contributed by atoms with Gasteiger partial charge >= 0.3 is 0 Å². The van der Waals surface area contributed by atoms with E-state index in [0.29, 0.717) is 17.5 Å². The summed E-state index contributed by atoms with van der Waals surface area (Å²) in [5.41, 5.74) is 6.22. The van der Waals surface area contributed by atoms with Gasteiger partial charge in [0.15, 0.2) is 17.5 Å². The molecule has 0 aliphatic heterocycles. The van der Waals surface area contributed by atoms with Crippen molar-refractivity contribution < 1.29 is 0 Å². The van der Waals surface area contributed by atoms with E-state index in [2.05, 4.69) is 156 Å². The minimum Gasteiger partial charge on any atom is -0.308 e. The molecule has 0 atom stereocenters. The summed E-state index contributed by atoms with van der Waals surface area (Å²) in [6.45, 7) is 0. The fourth-order valence-electron chi connectivity index (χ4n) is 7.76. The Morgan fingerprint density at radius 1 is 0.385 bits per heavy atom. The van der Waals surface area contributed by atoms with Crippen LogP contribution in [0.25, 0.3) is 103 Å². The average molecular weight is 681 g/mol. The van der Waals surface area contributed by atoms with Gasteiger partial charge in [0.05, 0.1) is 22.3 Å². The highest BCUT2D eigenvalue weighted by molar-refractivity contribution is 7.26.